The number of carbonyl (C=O) groups is 1. The van der Waals surface area contributed by atoms with E-state index in [1.54, 1.807) is 6.07 Å². The van der Waals surface area contributed by atoms with Crippen LogP contribution in [0.25, 0.3) is 0 Å². The molecule has 0 radical (unpaired) electrons. The second-order valence-electron chi connectivity index (χ2n) is 4.35. The summed E-state index contributed by atoms with van der Waals surface area (Å²) in [6, 6.07) is 4.59. The van der Waals surface area contributed by atoms with E-state index in [1.807, 2.05) is 0 Å². The standard InChI is InChI=1S/C13H15FO3/c14-12-6-9(7-13(15)16)5-11(8-12)10-1-3-17-4-2-10/h5-6,8,10H,1-4,7H2,(H,15,16). The van der Waals surface area contributed by atoms with E-state index >= 15 is 0 Å². The number of hydrogen-bond donors (Lipinski definition) is 1. The van der Waals surface area contributed by atoms with E-state index < -0.39 is 5.97 Å². The smallest absolute Gasteiger partial charge is 0.307 e. The van der Waals surface area contributed by atoms with Gasteiger partial charge in [0.25, 0.3) is 0 Å². The van der Waals surface area contributed by atoms with E-state index in [2.05, 4.69) is 0 Å². The van der Waals surface area contributed by atoms with Crippen LogP contribution in [0.1, 0.15) is 29.9 Å². The van der Waals surface area contributed by atoms with Crippen LogP contribution in [0.3, 0.4) is 0 Å². The molecule has 1 N–H and O–H groups in total. The first-order chi connectivity index (χ1) is 8.15. The first-order valence-corrected chi connectivity index (χ1v) is 5.74. The summed E-state index contributed by atoms with van der Waals surface area (Å²) in [7, 11) is 0. The number of aliphatic carboxylic acids is 1. The van der Waals surface area contributed by atoms with Crippen molar-refractivity contribution in [3.8, 4) is 0 Å². The number of ether oxygens (including phenoxy) is 1. The minimum absolute atomic E-state index is 0.131. The summed E-state index contributed by atoms with van der Waals surface area (Å²) in [4.78, 5) is 10.6. The normalized spacial score (nSPS) is 17.0. The highest BCUT2D eigenvalue weighted by Crippen LogP contribution is 2.28. The highest BCUT2D eigenvalue weighted by Gasteiger charge is 2.17. The Bertz CT molecular complexity index is 411. The second kappa shape index (κ2) is 5.27. The van der Waals surface area contributed by atoms with Crippen molar-refractivity contribution in [2.45, 2.75) is 25.2 Å². The zero-order valence-electron chi connectivity index (χ0n) is 9.49. The minimum atomic E-state index is -0.937. The summed E-state index contributed by atoms with van der Waals surface area (Å²) in [5.74, 6) is -1.01. The molecule has 2 rings (SSSR count). The largest absolute Gasteiger partial charge is 0.481 e. The molecule has 0 spiro atoms. The minimum Gasteiger partial charge on any atom is -0.481 e. The van der Waals surface area contributed by atoms with E-state index in [-0.39, 0.29) is 18.2 Å². The quantitative estimate of drug-likeness (QED) is 0.879. The molecule has 0 amide bonds. The maximum absolute atomic E-state index is 13.4. The first kappa shape index (κ1) is 12.0. The molecule has 1 fully saturated rings. The maximum atomic E-state index is 13.4. The average molecular weight is 238 g/mol. The maximum Gasteiger partial charge on any atom is 0.307 e. The molecule has 0 unspecified atom stereocenters. The molecular formula is C13H15FO3. The van der Waals surface area contributed by atoms with Crippen LogP contribution in [0.2, 0.25) is 0 Å². The van der Waals surface area contributed by atoms with Gasteiger partial charge >= 0.3 is 5.97 Å². The Balaban J connectivity index is 2.20. The lowest BCUT2D eigenvalue weighted by Crippen LogP contribution is -2.14. The molecule has 1 heterocycles. The number of carboxylic acids is 1. The van der Waals surface area contributed by atoms with E-state index in [4.69, 9.17) is 9.84 Å². The molecule has 3 nitrogen and oxygen atoms in total. The topological polar surface area (TPSA) is 46.5 Å². The first-order valence-electron chi connectivity index (χ1n) is 5.74. The molecule has 0 aromatic heterocycles. The lowest BCUT2D eigenvalue weighted by atomic mass is 9.90. The molecule has 1 saturated heterocycles. The molecule has 17 heavy (non-hydrogen) atoms. The van der Waals surface area contributed by atoms with E-state index in [0.717, 1.165) is 18.4 Å². The highest BCUT2D eigenvalue weighted by atomic mass is 19.1. The van der Waals surface area contributed by atoms with Gasteiger partial charge in [-0.25, -0.2) is 4.39 Å². The van der Waals surface area contributed by atoms with Crippen molar-refractivity contribution in [2.24, 2.45) is 0 Å². The number of halogens is 1. The van der Waals surface area contributed by atoms with Gasteiger partial charge in [-0.3, -0.25) is 4.79 Å². The Kier molecular flexibility index (Phi) is 3.74. The number of rotatable bonds is 3. The van der Waals surface area contributed by atoms with Crippen LogP contribution in [0.5, 0.6) is 0 Å². The molecule has 1 aliphatic heterocycles. The van der Waals surface area contributed by atoms with Crippen molar-refractivity contribution >= 4 is 5.97 Å². The number of hydrogen-bond acceptors (Lipinski definition) is 2. The van der Waals surface area contributed by atoms with E-state index in [0.29, 0.717) is 18.8 Å². The molecule has 0 aliphatic carbocycles. The van der Waals surface area contributed by atoms with Gasteiger partial charge in [0.2, 0.25) is 0 Å². The Morgan fingerprint density at radius 3 is 2.71 bits per heavy atom. The van der Waals surface area contributed by atoms with Gasteiger partial charge in [0.05, 0.1) is 6.42 Å². The van der Waals surface area contributed by atoms with Crippen LogP contribution in [0, 0.1) is 5.82 Å². The number of benzene rings is 1. The molecule has 0 bridgehead atoms. The van der Waals surface area contributed by atoms with E-state index in [1.165, 1.54) is 12.1 Å². The van der Waals surface area contributed by atoms with Crippen LogP contribution < -0.4 is 0 Å². The highest BCUT2D eigenvalue weighted by molar-refractivity contribution is 5.70. The van der Waals surface area contributed by atoms with Gasteiger partial charge in [-0.15, -0.1) is 0 Å². The lowest BCUT2D eigenvalue weighted by molar-refractivity contribution is -0.136. The van der Waals surface area contributed by atoms with Crippen molar-refractivity contribution < 1.29 is 19.0 Å². The van der Waals surface area contributed by atoms with Crippen molar-refractivity contribution in [3.05, 3.63) is 35.1 Å². The Morgan fingerprint density at radius 1 is 1.35 bits per heavy atom. The van der Waals surface area contributed by atoms with Crippen LogP contribution in [-0.4, -0.2) is 24.3 Å². The summed E-state index contributed by atoms with van der Waals surface area (Å²) in [6.45, 7) is 1.38. The van der Waals surface area contributed by atoms with Crippen LogP contribution in [0.15, 0.2) is 18.2 Å². The zero-order chi connectivity index (χ0) is 12.3. The van der Waals surface area contributed by atoms with Crippen LogP contribution in [0.4, 0.5) is 4.39 Å². The van der Waals surface area contributed by atoms with Crippen molar-refractivity contribution in [2.75, 3.05) is 13.2 Å². The van der Waals surface area contributed by atoms with Crippen LogP contribution >= 0.6 is 0 Å². The summed E-state index contributed by atoms with van der Waals surface area (Å²) in [5.41, 5.74) is 1.42. The molecule has 0 atom stereocenters. The van der Waals surface area contributed by atoms with Gasteiger partial charge in [-0.05, 0) is 42.0 Å². The van der Waals surface area contributed by atoms with Gasteiger partial charge in [-0.2, -0.15) is 0 Å². The fraction of sp³-hybridized carbons (Fsp3) is 0.462. The molecule has 1 aromatic carbocycles. The van der Waals surface area contributed by atoms with Gasteiger partial charge in [0.1, 0.15) is 5.82 Å². The average Bonchev–Trinajstić information content (AvgIpc) is 2.28. The molecule has 4 heteroatoms. The number of carboxylic acid groups (broad SMARTS) is 1. The summed E-state index contributed by atoms with van der Waals surface area (Å²) < 4.78 is 18.7. The summed E-state index contributed by atoms with van der Waals surface area (Å²) in [5, 5.41) is 8.72. The predicted molar refractivity (Wildman–Crippen MR) is 60.5 cm³/mol. The van der Waals surface area contributed by atoms with Crippen molar-refractivity contribution in [3.63, 3.8) is 0 Å². The third-order valence-electron chi connectivity index (χ3n) is 3.03. The summed E-state index contributed by atoms with van der Waals surface area (Å²) in [6.07, 6.45) is 1.61. The zero-order valence-corrected chi connectivity index (χ0v) is 9.49. The second-order valence-corrected chi connectivity index (χ2v) is 4.35. The summed E-state index contributed by atoms with van der Waals surface area (Å²) >= 11 is 0. The molecule has 1 aliphatic rings. The molecule has 0 saturated carbocycles. The SMILES string of the molecule is O=C(O)Cc1cc(F)cc(C2CCOCC2)c1. The fourth-order valence-electron chi connectivity index (χ4n) is 2.22. The third kappa shape index (κ3) is 3.27. The molecule has 1 aromatic rings. The fourth-order valence-corrected chi connectivity index (χ4v) is 2.22. The van der Waals surface area contributed by atoms with Crippen LogP contribution in [-0.2, 0) is 16.0 Å². The van der Waals surface area contributed by atoms with Gasteiger partial charge in [-0.1, -0.05) is 6.07 Å². The van der Waals surface area contributed by atoms with E-state index in [9.17, 15) is 9.18 Å². The lowest BCUT2D eigenvalue weighted by Gasteiger charge is -2.22. The van der Waals surface area contributed by atoms with Crippen molar-refractivity contribution in [1.29, 1.82) is 0 Å². The van der Waals surface area contributed by atoms with Crippen molar-refractivity contribution in [1.82, 2.24) is 0 Å². The Hall–Kier alpha value is -1.42. The van der Waals surface area contributed by atoms with Gasteiger partial charge in [0.15, 0.2) is 0 Å². The molecular weight excluding hydrogens is 223 g/mol. The van der Waals surface area contributed by atoms with Gasteiger partial charge < -0.3 is 9.84 Å². The third-order valence-corrected chi connectivity index (χ3v) is 3.03. The predicted octanol–water partition coefficient (Wildman–Crippen LogP) is 2.35. The Morgan fingerprint density at radius 2 is 2.06 bits per heavy atom. The molecule has 92 valence electrons. The van der Waals surface area contributed by atoms with Gasteiger partial charge in [0, 0.05) is 13.2 Å². The monoisotopic (exact) mass is 238 g/mol. The Labute approximate surface area is 99.2 Å².